The number of benzene rings is 1. The van der Waals surface area contributed by atoms with Crippen molar-refractivity contribution in [1.82, 2.24) is 15.0 Å². The predicted molar refractivity (Wildman–Crippen MR) is 94.7 cm³/mol. The van der Waals surface area contributed by atoms with Gasteiger partial charge in [-0.15, -0.1) is 11.8 Å². The molecule has 24 heavy (non-hydrogen) atoms. The fourth-order valence-electron chi connectivity index (χ4n) is 2.14. The number of nitrogens with zero attached hydrogens (tertiary/aromatic N) is 3. The van der Waals surface area contributed by atoms with E-state index in [4.69, 9.17) is 5.73 Å². The van der Waals surface area contributed by atoms with E-state index in [1.165, 1.54) is 17.8 Å². The lowest BCUT2D eigenvalue weighted by Gasteiger charge is -2.09. The smallest absolute Gasteiger partial charge is 0.222 e. The number of nitrogen functional groups attached to an aromatic ring is 1. The summed E-state index contributed by atoms with van der Waals surface area (Å²) in [6.45, 7) is 1.82. The number of rotatable bonds is 5. The first-order valence-corrected chi connectivity index (χ1v) is 8.28. The van der Waals surface area contributed by atoms with Crippen molar-refractivity contribution in [1.29, 1.82) is 0 Å². The molecule has 7 heteroatoms. The number of aryl methyl sites for hydroxylation is 1. The van der Waals surface area contributed by atoms with Gasteiger partial charge in [0.05, 0.1) is 0 Å². The molecule has 0 amide bonds. The van der Waals surface area contributed by atoms with E-state index in [1.807, 2.05) is 25.1 Å². The minimum absolute atomic E-state index is 0.183. The molecule has 0 atom stereocenters. The van der Waals surface area contributed by atoms with E-state index in [2.05, 4.69) is 20.3 Å². The van der Waals surface area contributed by atoms with Crippen LogP contribution in [0.3, 0.4) is 0 Å². The van der Waals surface area contributed by atoms with Crippen molar-refractivity contribution in [3.8, 4) is 0 Å². The Labute approximate surface area is 143 Å². The molecule has 0 spiro atoms. The Kier molecular flexibility index (Phi) is 4.90. The topological polar surface area (TPSA) is 76.7 Å². The van der Waals surface area contributed by atoms with Crippen molar-refractivity contribution in [2.24, 2.45) is 0 Å². The standard InChI is InChI=1S/C17H16FN5S/c1-11-8-16(23-17(19)21-11)22-13-2-3-15(14(18)9-13)24-10-12-4-6-20-7-5-12/h2-9H,10H2,1H3,(H3,19,21,22,23). The normalized spacial score (nSPS) is 10.6. The van der Waals surface area contributed by atoms with Gasteiger partial charge in [-0.2, -0.15) is 4.98 Å². The summed E-state index contributed by atoms with van der Waals surface area (Å²) in [5.74, 6) is 1.13. The molecule has 122 valence electrons. The molecular formula is C17H16FN5S. The summed E-state index contributed by atoms with van der Waals surface area (Å²) in [5.41, 5.74) is 8.07. The summed E-state index contributed by atoms with van der Waals surface area (Å²) in [5, 5.41) is 3.04. The van der Waals surface area contributed by atoms with Crippen molar-refractivity contribution in [3.05, 3.63) is 65.9 Å². The van der Waals surface area contributed by atoms with Crippen LogP contribution < -0.4 is 11.1 Å². The molecule has 1 aromatic carbocycles. The third-order valence-electron chi connectivity index (χ3n) is 3.22. The summed E-state index contributed by atoms with van der Waals surface area (Å²) in [6.07, 6.45) is 3.46. The van der Waals surface area contributed by atoms with Crippen molar-refractivity contribution < 1.29 is 4.39 Å². The molecule has 0 aliphatic rings. The van der Waals surface area contributed by atoms with Crippen molar-refractivity contribution in [2.75, 3.05) is 11.1 Å². The average Bonchev–Trinajstić information content (AvgIpc) is 2.54. The van der Waals surface area contributed by atoms with Gasteiger partial charge < -0.3 is 11.1 Å². The first-order valence-electron chi connectivity index (χ1n) is 7.29. The first-order chi connectivity index (χ1) is 11.6. The van der Waals surface area contributed by atoms with E-state index in [0.717, 1.165) is 11.3 Å². The average molecular weight is 341 g/mol. The SMILES string of the molecule is Cc1cc(Nc2ccc(SCc3ccncc3)c(F)c2)nc(N)n1. The molecule has 0 saturated carbocycles. The number of aromatic nitrogens is 3. The van der Waals surface area contributed by atoms with E-state index in [0.29, 0.717) is 22.2 Å². The number of hydrogen-bond donors (Lipinski definition) is 2. The minimum atomic E-state index is -0.280. The highest BCUT2D eigenvalue weighted by atomic mass is 32.2. The summed E-state index contributed by atoms with van der Waals surface area (Å²) in [6, 6.07) is 10.6. The van der Waals surface area contributed by atoms with Crippen LogP contribution in [0.25, 0.3) is 0 Å². The fraction of sp³-hybridized carbons (Fsp3) is 0.118. The van der Waals surface area contributed by atoms with Gasteiger partial charge in [-0.25, -0.2) is 9.37 Å². The second-order valence-corrected chi connectivity index (χ2v) is 6.18. The Morgan fingerprint density at radius 1 is 1.12 bits per heavy atom. The van der Waals surface area contributed by atoms with Crippen LogP contribution in [0.4, 0.5) is 21.8 Å². The number of nitrogens with two attached hydrogens (primary N) is 1. The highest BCUT2D eigenvalue weighted by Crippen LogP contribution is 2.28. The Hall–Kier alpha value is -2.67. The highest BCUT2D eigenvalue weighted by molar-refractivity contribution is 7.98. The van der Waals surface area contributed by atoms with Crippen LogP contribution in [0.1, 0.15) is 11.3 Å². The number of halogens is 1. The van der Waals surface area contributed by atoms with Crippen LogP contribution in [0.5, 0.6) is 0 Å². The molecule has 3 aromatic rings. The number of thioether (sulfide) groups is 1. The molecule has 3 rings (SSSR count). The van der Waals surface area contributed by atoms with E-state index in [-0.39, 0.29) is 11.8 Å². The van der Waals surface area contributed by atoms with Crippen LogP contribution in [0, 0.1) is 12.7 Å². The van der Waals surface area contributed by atoms with Gasteiger partial charge in [0.15, 0.2) is 0 Å². The Balaban J connectivity index is 1.70. The summed E-state index contributed by atoms with van der Waals surface area (Å²) in [7, 11) is 0. The summed E-state index contributed by atoms with van der Waals surface area (Å²) in [4.78, 5) is 12.6. The van der Waals surface area contributed by atoms with Gasteiger partial charge >= 0.3 is 0 Å². The molecule has 0 aliphatic carbocycles. The zero-order valence-corrected chi connectivity index (χ0v) is 13.8. The van der Waals surface area contributed by atoms with Gasteiger partial charge in [-0.05, 0) is 42.8 Å². The Morgan fingerprint density at radius 2 is 1.92 bits per heavy atom. The molecule has 2 aromatic heterocycles. The van der Waals surface area contributed by atoms with E-state index >= 15 is 0 Å². The number of pyridine rings is 1. The third-order valence-corrected chi connectivity index (χ3v) is 4.34. The van der Waals surface area contributed by atoms with Gasteiger partial charge in [0.2, 0.25) is 5.95 Å². The van der Waals surface area contributed by atoms with Crippen molar-refractivity contribution in [2.45, 2.75) is 17.6 Å². The zero-order valence-electron chi connectivity index (χ0n) is 13.0. The molecular weight excluding hydrogens is 325 g/mol. The lowest BCUT2D eigenvalue weighted by molar-refractivity contribution is 0.602. The monoisotopic (exact) mass is 341 g/mol. The van der Waals surface area contributed by atoms with Crippen molar-refractivity contribution in [3.63, 3.8) is 0 Å². The molecule has 3 N–H and O–H groups in total. The number of hydrogen-bond acceptors (Lipinski definition) is 6. The molecule has 0 radical (unpaired) electrons. The molecule has 0 saturated heterocycles. The van der Waals surface area contributed by atoms with Crippen LogP contribution >= 0.6 is 11.8 Å². The molecule has 0 fully saturated rings. The van der Waals surface area contributed by atoms with Gasteiger partial charge in [0.25, 0.3) is 0 Å². The maximum Gasteiger partial charge on any atom is 0.222 e. The maximum atomic E-state index is 14.3. The maximum absolute atomic E-state index is 14.3. The summed E-state index contributed by atoms with van der Waals surface area (Å²) < 4.78 is 14.3. The summed E-state index contributed by atoms with van der Waals surface area (Å²) >= 11 is 1.44. The highest BCUT2D eigenvalue weighted by Gasteiger charge is 2.06. The lowest BCUT2D eigenvalue weighted by atomic mass is 10.3. The van der Waals surface area contributed by atoms with Gasteiger partial charge in [-0.1, -0.05) is 0 Å². The quantitative estimate of drug-likeness (QED) is 0.685. The lowest BCUT2D eigenvalue weighted by Crippen LogP contribution is -2.01. The van der Waals surface area contributed by atoms with E-state index < -0.39 is 0 Å². The second kappa shape index (κ2) is 7.27. The largest absolute Gasteiger partial charge is 0.368 e. The third kappa shape index (κ3) is 4.20. The van der Waals surface area contributed by atoms with Crippen LogP contribution in [-0.2, 0) is 5.75 Å². The molecule has 0 aliphatic heterocycles. The Bertz CT molecular complexity index is 821. The van der Waals surface area contributed by atoms with E-state index in [1.54, 1.807) is 24.5 Å². The zero-order chi connectivity index (χ0) is 16.9. The fourth-order valence-corrected chi connectivity index (χ4v) is 3.01. The first kappa shape index (κ1) is 16.2. The Morgan fingerprint density at radius 3 is 2.62 bits per heavy atom. The van der Waals surface area contributed by atoms with Gasteiger partial charge in [-0.3, -0.25) is 4.98 Å². The second-order valence-electron chi connectivity index (χ2n) is 5.17. The number of anilines is 3. The minimum Gasteiger partial charge on any atom is -0.368 e. The predicted octanol–water partition coefficient (Wildman–Crippen LogP) is 3.94. The molecule has 0 bridgehead atoms. The number of nitrogens with one attached hydrogen (secondary N) is 1. The van der Waals surface area contributed by atoms with Crippen LogP contribution in [-0.4, -0.2) is 15.0 Å². The van der Waals surface area contributed by atoms with Gasteiger partial charge in [0.1, 0.15) is 11.6 Å². The molecule has 2 heterocycles. The molecule has 0 unspecified atom stereocenters. The van der Waals surface area contributed by atoms with Crippen LogP contribution in [0.15, 0.2) is 53.7 Å². The van der Waals surface area contributed by atoms with Crippen LogP contribution in [0.2, 0.25) is 0 Å². The van der Waals surface area contributed by atoms with E-state index in [9.17, 15) is 4.39 Å². The van der Waals surface area contributed by atoms with Gasteiger partial charge in [0, 0.05) is 40.5 Å². The van der Waals surface area contributed by atoms with Crippen molar-refractivity contribution >= 4 is 29.2 Å². The molecule has 5 nitrogen and oxygen atoms in total.